The molecule has 0 radical (unpaired) electrons. The van der Waals surface area contributed by atoms with Crippen molar-refractivity contribution in [1.82, 2.24) is 14.9 Å². The number of likely N-dealkylation sites (N-methyl/N-ethyl adjacent to an activating group) is 1. The Balaban J connectivity index is 1.59. The predicted molar refractivity (Wildman–Crippen MR) is 127 cm³/mol. The molecule has 1 atom stereocenters. The number of ether oxygens (including phenoxy) is 3. The van der Waals surface area contributed by atoms with E-state index in [1.54, 1.807) is 31.0 Å². The van der Waals surface area contributed by atoms with Crippen LogP contribution in [0, 0.1) is 6.92 Å². The van der Waals surface area contributed by atoms with E-state index < -0.39 is 11.7 Å². The molecule has 1 aliphatic heterocycles. The van der Waals surface area contributed by atoms with Gasteiger partial charge in [-0.15, -0.1) is 0 Å². The van der Waals surface area contributed by atoms with Crippen molar-refractivity contribution in [2.45, 2.75) is 25.7 Å². The SMILES string of the molecule is COc1cc2nc(C)nc(NCc3cc(N)cc(C(F)(F)F)c3)c2cc1OC[C@@H]1CN(C)C(=O)CO1. The van der Waals surface area contributed by atoms with Gasteiger partial charge in [0.2, 0.25) is 5.91 Å². The number of amides is 1. The number of hydrogen-bond donors (Lipinski definition) is 2. The molecule has 1 aliphatic rings. The van der Waals surface area contributed by atoms with E-state index in [0.29, 0.717) is 46.2 Å². The number of carbonyl (C=O) groups is 1. The Labute approximate surface area is 205 Å². The number of anilines is 2. The summed E-state index contributed by atoms with van der Waals surface area (Å²) in [6.45, 7) is 2.32. The lowest BCUT2D eigenvalue weighted by Gasteiger charge is -2.29. The standard InChI is InChI=1S/C24H26F3N5O4/c1-13-30-19-8-20(34-3)21(36-11-17-10-32(2)22(33)12-35-17)7-18(19)23(31-13)29-9-14-4-15(24(25,26)27)6-16(28)5-14/h4-8,17H,9-12,28H2,1-3H3,(H,29,30,31)/t17-/m0/s1. The van der Waals surface area contributed by atoms with Crippen molar-refractivity contribution in [3.8, 4) is 11.5 Å². The molecule has 0 bridgehead atoms. The van der Waals surface area contributed by atoms with Crippen molar-refractivity contribution >= 4 is 28.3 Å². The maximum atomic E-state index is 13.2. The summed E-state index contributed by atoms with van der Waals surface area (Å²) in [7, 11) is 3.20. The number of halogens is 3. The van der Waals surface area contributed by atoms with Crippen molar-refractivity contribution in [3.05, 3.63) is 47.3 Å². The van der Waals surface area contributed by atoms with E-state index in [9.17, 15) is 18.0 Å². The summed E-state index contributed by atoms with van der Waals surface area (Å²) < 4.78 is 56.5. The maximum absolute atomic E-state index is 13.2. The van der Waals surface area contributed by atoms with Crippen LogP contribution >= 0.6 is 0 Å². The number of nitrogen functional groups attached to an aromatic ring is 1. The Kier molecular flexibility index (Phi) is 7.07. The molecule has 1 saturated heterocycles. The number of alkyl halides is 3. The monoisotopic (exact) mass is 505 g/mol. The highest BCUT2D eigenvalue weighted by Crippen LogP contribution is 2.35. The lowest BCUT2D eigenvalue weighted by atomic mass is 10.1. The van der Waals surface area contributed by atoms with Crippen LogP contribution in [0.25, 0.3) is 10.9 Å². The summed E-state index contributed by atoms with van der Waals surface area (Å²) in [5, 5.41) is 3.68. The second-order valence-electron chi connectivity index (χ2n) is 8.47. The van der Waals surface area contributed by atoms with Crippen LogP contribution in [0.2, 0.25) is 0 Å². The van der Waals surface area contributed by atoms with Gasteiger partial charge in [-0.25, -0.2) is 9.97 Å². The van der Waals surface area contributed by atoms with Gasteiger partial charge in [-0.1, -0.05) is 0 Å². The minimum absolute atomic E-state index is 0.0133. The molecule has 4 rings (SSSR count). The number of aryl methyl sites for hydroxylation is 1. The molecule has 0 spiro atoms. The minimum Gasteiger partial charge on any atom is -0.493 e. The first-order valence-electron chi connectivity index (χ1n) is 11.1. The van der Waals surface area contributed by atoms with Crippen molar-refractivity contribution in [2.75, 3.05) is 45.0 Å². The van der Waals surface area contributed by atoms with Gasteiger partial charge < -0.3 is 30.2 Å². The highest BCUT2D eigenvalue weighted by atomic mass is 19.4. The van der Waals surface area contributed by atoms with Crippen LogP contribution in [0.4, 0.5) is 24.7 Å². The van der Waals surface area contributed by atoms with Gasteiger partial charge in [0.1, 0.15) is 31.0 Å². The number of methoxy groups -OCH3 is 1. The number of fused-ring (bicyclic) bond motifs is 1. The van der Waals surface area contributed by atoms with Crippen LogP contribution in [0.15, 0.2) is 30.3 Å². The van der Waals surface area contributed by atoms with Gasteiger partial charge in [0.05, 0.1) is 18.2 Å². The molecule has 12 heteroatoms. The van der Waals surface area contributed by atoms with Crippen LogP contribution < -0.4 is 20.5 Å². The largest absolute Gasteiger partial charge is 0.493 e. The molecule has 0 saturated carbocycles. The highest BCUT2D eigenvalue weighted by Gasteiger charge is 2.31. The van der Waals surface area contributed by atoms with Crippen molar-refractivity contribution in [1.29, 1.82) is 0 Å². The first kappa shape index (κ1) is 25.3. The van der Waals surface area contributed by atoms with Crippen LogP contribution in [0.3, 0.4) is 0 Å². The summed E-state index contributed by atoms with van der Waals surface area (Å²) in [5.74, 6) is 1.64. The first-order chi connectivity index (χ1) is 17.0. The van der Waals surface area contributed by atoms with E-state index in [-0.39, 0.29) is 37.5 Å². The number of nitrogens with one attached hydrogen (secondary N) is 1. The summed E-state index contributed by atoms with van der Waals surface area (Å²) >= 11 is 0. The highest BCUT2D eigenvalue weighted by molar-refractivity contribution is 5.91. The number of benzene rings is 2. The smallest absolute Gasteiger partial charge is 0.416 e. The number of carbonyl (C=O) groups excluding carboxylic acids is 1. The normalized spacial score (nSPS) is 16.3. The summed E-state index contributed by atoms with van der Waals surface area (Å²) in [4.78, 5) is 22.1. The summed E-state index contributed by atoms with van der Waals surface area (Å²) in [5.41, 5.74) is 5.80. The average molecular weight is 505 g/mol. The molecule has 2 aromatic carbocycles. The van der Waals surface area contributed by atoms with Crippen molar-refractivity contribution < 1.29 is 32.2 Å². The van der Waals surface area contributed by atoms with Crippen LogP contribution in [0.1, 0.15) is 17.0 Å². The number of hydrogen-bond acceptors (Lipinski definition) is 8. The van der Waals surface area contributed by atoms with Gasteiger partial charge in [0.25, 0.3) is 0 Å². The van der Waals surface area contributed by atoms with E-state index in [1.807, 2.05) is 0 Å². The Morgan fingerprint density at radius 3 is 2.67 bits per heavy atom. The fraction of sp³-hybridized carbons (Fsp3) is 0.375. The van der Waals surface area contributed by atoms with E-state index in [1.165, 1.54) is 13.2 Å². The zero-order chi connectivity index (χ0) is 26.0. The quantitative estimate of drug-likeness (QED) is 0.470. The Bertz CT molecular complexity index is 1280. The summed E-state index contributed by atoms with van der Waals surface area (Å²) in [6, 6.07) is 6.82. The van der Waals surface area contributed by atoms with E-state index >= 15 is 0 Å². The molecule has 192 valence electrons. The third kappa shape index (κ3) is 5.70. The summed E-state index contributed by atoms with van der Waals surface area (Å²) in [6.07, 6.45) is -4.82. The van der Waals surface area contributed by atoms with Gasteiger partial charge in [0.15, 0.2) is 11.5 Å². The third-order valence-corrected chi connectivity index (χ3v) is 5.67. The second kappa shape index (κ2) is 10.1. The van der Waals surface area contributed by atoms with Gasteiger partial charge in [-0.3, -0.25) is 4.79 Å². The number of nitrogens with zero attached hydrogens (tertiary/aromatic N) is 3. The van der Waals surface area contributed by atoms with E-state index in [4.69, 9.17) is 19.9 Å². The van der Waals surface area contributed by atoms with Crippen molar-refractivity contribution in [3.63, 3.8) is 0 Å². The van der Waals surface area contributed by atoms with Crippen LogP contribution in [-0.2, 0) is 22.3 Å². The van der Waals surface area contributed by atoms with E-state index in [0.717, 1.165) is 12.1 Å². The fourth-order valence-electron chi connectivity index (χ4n) is 3.87. The second-order valence-corrected chi connectivity index (χ2v) is 8.47. The molecule has 0 unspecified atom stereocenters. The van der Waals surface area contributed by atoms with Gasteiger partial charge in [-0.05, 0) is 36.8 Å². The molecule has 3 aromatic rings. The zero-order valence-electron chi connectivity index (χ0n) is 20.0. The fourth-order valence-corrected chi connectivity index (χ4v) is 3.87. The lowest BCUT2D eigenvalue weighted by Crippen LogP contribution is -2.46. The van der Waals surface area contributed by atoms with Gasteiger partial charge in [-0.2, -0.15) is 13.2 Å². The average Bonchev–Trinajstić information content (AvgIpc) is 2.81. The Morgan fingerprint density at radius 2 is 1.97 bits per heavy atom. The number of rotatable bonds is 7. The lowest BCUT2D eigenvalue weighted by molar-refractivity contribution is -0.148. The van der Waals surface area contributed by atoms with Crippen molar-refractivity contribution in [2.24, 2.45) is 0 Å². The molecule has 9 nitrogen and oxygen atoms in total. The molecule has 36 heavy (non-hydrogen) atoms. The topological polar surface area (TPSA) is 112 Å². The molecule has 2 heterocycles. The minimum atomic E-state index is -4.50. The molecular weight excluding hydrogens is 479 g/mol. The number of morpholine rings is 1. The number of aromatic nitrogens is 2. The van der Waals surface area contributed by atoms with Crippen LogP contribution in [0.5, 0.6) is 11.5 Å². The molecule has 1 fully saturated rings. The molecule has 3 N–H and O–H groups in total. The first-order valence-corrected chi connectivity index (χ1v) is 11.1. The maximum Gasteiger partial charge on any atom is 0.416 e. The van der Waals surface area contributed by atoms with Crippen LogP contribution in [-0.4, -0.2) is 60.8 Å². The molecule has 0 aliphatic carbocycles. The Hall–Kier alpha value is -3.80. The third-order valence-electron chi connectivity index (χ3n) is 5.67. The number of nitrogens with two attached hydrogens (primary N) is 1. The molecule has 1 amide bonds. The van der Waals surface area contributed by atoms with E-state index in [2.05, 4.69) is 15.3 Å². The predicted octanol–water partition coefficient (Wildman–Crippen LogP) is 3.40. The molecular formula is C24H26F3N5O4. The van der Waals surface area contributed by atoms with Gasteiger partial charge in [0, 0.05) is 37.3 Å². The van der Waals surface area contributed by atoms with Gasteiger partial charge >= 0.3 is 6.18 Å². The molecule has 1 aromatic heterocycles. The zero-order valence-corrected chi connectivity index (χ0v) is 20.0. The Morgan fingerprint density at radius 1 is 1.19 bits per heavy atom.